The van der Waals surface area contributed by atoms with Gasteiger partial charge in [-0.3, -0.25) is 9.69 Å². The number of hydrogen-bond acceptors (Lipinski definition) is 3. The van der Waals surface area contributed by atoms with Crippen molar-refractivity contribution >= 4 is 5.78 Å². The SMILES string of the molecule is CC(=O)C(C)(C)CN(CCO)Cc1ccccc1. The van der Waals surface area contributed by atoms with Crippen molar-refractivity contribution in [3.05, 3.63) is 35.9 Å². The smallest absolute Gasteiger partial charge is 0.136 e. The number of Topliss-reactive ketones (excluding diaryl/α,β-unsaturated/α-hetero) is 1. The van der Waals surface area contributed by atoms with E-state index in [0.29, 0.717) is 13.1 Å². The average Bonchev–Trinajstić information content (AvgIpc) is 2.30. The van der Waals surface area contributed by atoms with Crippen LogP contribution in [-0.2, 0) is 11.3 Å². The molecule has 0 unspecified atom stereocenters. The number of nitrogens with zero attached hydrogens (tertiary/aromatic N) is 1. The monoisotopic (exact) mass is 249 g/mol. The molecule has 0 amide bonds. The van der Waals surface area contributed by atoms with Gasteiger partial charge in [-0.25, -0.2) is 0 Å². The van der Waals surface area contributed by atoms with Crippen molar-refractivity contribution < 1.29 is 9.90 Å². The molecule has 3 nitrogen and oxygen atoms in total. The Balaban J connectivity index is 2.69. The van der Waals surface area contributed by atoms with Gasteiger partial charge < -0.3 is 5.11 Å². The molecule has 0 spiro atoms. The predicted octanol–water partition coefficient (Wildman–Crippen LogP) is 2.10. The van der Waals surface area contributed by atoms with Gasteiger partial charge in [0, 0.05) is 25.0 Å². The number of hydrogen-bond donors (Lipinski definition) is 1. The molecule has 0 aromatic heterocycles. The van der Waals surface area contributed by atoms with Crippen LogP contribution in [-0.4, -0.2) is 35.5 Å². The molecule has 0 aliphatic rings. The van der Waals surface area contributed by atoms with Gasteiger partial charge >= 0.3 is 0 Å². The van der Waals surface area contributed by atoms with E-state index in [0.717, 1.165) is 6.54 Å². The molecule has 1 rings (SSSR count). The van der Waals surface area contributed by atoms with Crippen molar-refractivity contribution in [1.82, 2.24) is 4.90 Å². The van der Waals surface area contributed by atoms with E-state index >= 15 is 0 Å². The normalized spacial score (nSPS) is 11.8. The molecule has 100 valence electrons. The fraction of sp³-hybridized carbons (Fsp3) is 0.533. The fourth-order valence-corrected chi connectivity index (χ4v) is 1.87. The molecule has 3 heteroatoms. The summed E-state index contributed by atoms with van der Waals surface area (Å²) in [5.74, 6) is 0.179. The van der Waals surface area contributed by atoms with Crippen molar-refractivity contribution in [3.63, 3.8) is 0 Å². The molecule has 18 heavy (non-hydrogen) atoms. The number of carbonyl (C=O) groups excluding carboxylic acids is 1. The van der Waals surface area contributed by atoms with Crippen LogP contribution in [0.1, 0.15) is 26.3 Å². The largest absolute Gasteiger partial charge is 0.395 e. The Bertz CT molecular complexity index is 373. The molecule has 0 radical (unpaired) electrons. The molecule has 0 saturated carbocycles. The zero-order valence-electron chi connectivity index (χ0n) is 11.5. The Kier molecular flexibility index (Phi) is 5.51. The zero-order valence-corrected chi connectivity index (χ0v) is 11.5. The molecule has 0 aliphatic heterocycles. The van der Waals surface area contributed by atoms with Gasteiger partial charge in [0.15, 0.2) is 0 Å². The number of benzene rings is 1. The van der Waals surface area contributed by atoms with E-state index in [1.54, 1.807) is 6.92 Å². The van der Waals surface area contributed by atoms with E-state index in [2.05, 4.69) is 17.0 Å². The third kappa shape index (κ3) is 4.59. The third-order valence-corrected chi connectivity index (χ3v) is 3.24. The van der Waals surface area contributed by atoms with Crippen molar-refractivity contribution in [2.45, 2.75) is 27.3 Å². The molecule has 1 aromatic carbocycles. The fourth-order valence-electron chi connectivity index (χ4n) is 1.87. The van der Waals surface area contributed by atoms with Gasteiger partial charge in [0.25, 0.3) is 0 Å². The van der Waals surface area contributed by atoms with E-state index in [9.17, 15) is 4.79 Å². The van der Waals surface area contributed by atoms with E-state index in [4.69, 9.17) is 5.11 Å². The van der Waals surface area contributed by atoms with Crippen LogP contribution in [0.3, 0.4) is 0 Å². The van der Waals surface area contributed by atoms with Crippen LogP contribution < -0.4 is 0 Å². The number of ketones is 1. The highest BCUT2D eigenvalue weighted by atomic mass is 16.3. The lowest BCUT2D eigenvalue weighted by atomic mass is 9.88. The molecule has 0 heterocycles. The number of carbonyl (C=O) groups is 1. The second-order valence-corrected chi connectivity index (χ2v) is 5.36. The Hall–Kier alpha value is -1.19. The minimum atomic E-state index is -0.371. The van der Waals surface area contributed by atoms with Crippen LogP contribution in [0.5, 0.6) is 0 Å². The van der Waals surface area contributed by atoms with Gasteiger partial charge in [-0.1, -0.05) is 44.2 Å². The number of rotatable bonds is 7. The van der Waals surface area contributed by atoms with Crippen LogP contribution in [0.2, 0.25) is 0 Å². The van der Waals surface area contributed by atoms with Crippen molar-refractivity contribution in [2.75, 3.05) is 19.7 Å². The number of aliphatic hydroxyl groups is 1. The number of aliphatic hydroxyl groups excluding tert-OH is 1. The maximum absolute atomic E-state index is 11.6. The van der Waals surface area contributed by atoms with Crippen molar-refractivity contribution in [2.24, 2.45) is 5.41 Å². The Morgan fingerprint density at radius 1 is 1.28 bits per heavy atom. The maximum Gasteiger partial charge on any atom is 0.136 e. The standard InChI is InChI=1S/C15H23NO2/c1-13(18)15(2,3)12-16(9-10-17)11-14-7-5-4-6-8-14/h4-8,17H,9-12H2,1-3H3. The van der Waals surface area contributed by atoms with Gasteiger partial charge in [-0.2, -0.15) is 0 Å². The summed E-state index contributed by atoms with van der Waals surface area (Å²) < 4.78 is 0. The second kappa shape index (κ2) is 6.66. The van der Waals surface area contributed by atoms with Crippen LogP contribution >= 0.6 is 0 Å². The summed E-state index contributed by atoms with van der Waals surface area (Å²) in [6, 6.07) is 10.1. The second-order valence-electron chi connectivity index (χ2n) is 5.36. The van der Waals surface area contributed by atoms with E-state index in [1.807, 2.05) is 32.0 Å². The van der Waals surface area contributed by atoms with Gasteiger partial charge in [0.05, 0.1) is 6.61 Å². The van der Waals surface area contributed by atoms with Gasteiger partial charge in [-0.15, -0.1) is 0 Å². The van der Waals surface area contributed by atoms with E-state index in [1.165, 1.54) is 5.56 Å². The van der Waals surface area contributed by atoms with Gasteiger partial charge in [-0.05, 0) is 12.5 Å². The lowest BCUT2D eigenvalue weighted by Crippen LogP contribution is -2.39. The Morgan fingerprint density at radius 2 is 1.89 bits per heavy atom. The first kappa shape index (κ1) is 14.9. The lowest BCUT2D eigenvalue weighted by Gasteiger charge is -2.30. The zero-order chi connectivity index (χ0) is 13.6. The highest BCUT2D eigenvalue weighted by molar-refractivity contribution is 5.81. The molecule has 1 N–H and O–H groups in total. The summed E-state index contributed by atoms with van der Waals surface area (Å²) >= 11 is 0. The lowest BCUT2D eigenvalue weighted by molar-refractivity contribution is -0.126. The van der Waals surface area contributed by atoms with Crippen LogP contribution in [0, 0.1) is 5.41 Å². The Morgan fingerprint density at radius 3 is 2.39 bits per heavy atom. The summed E-state index contributed by atoms with van der Waals surface area (Å²) in [5.41, 5.74) is 0.828. The topological polar surface area (TPSA) is 40.5 Å². The molecular formula is C15H23NO2. The summed E-state index contributed by atoms with van der Waals surface area (Å²) in [7, 11) is 0. The molecule has 0 atom stereocenters. The predicted molar refractivity (Wildman–Crippen MR) is 73.3 cm³/mol. The molecule has 1 aromatic rings. The molecule has 0 bridgehead atoms. The van der Waals surface area contributed by atoms with Crippen molar-refractivity contribution in [1.29, 1.82) is 0 Å². The van der Waals surface area contributed by atoms with Crippen LogP contribution in [0.25, 0.3) is 0 Å². The minimum absolute atomic E-state index is 0.112. The van der Waals surface area contributed by atoms with E-state index < -0.39 is 0 Å². The molecule has 0 fully saturated rings. The quantitative estimate of drug-likeness (QED) is 0.804. The first-order valence-corrected chi connectivity index (χ1v) is 6.34. The summed E-state index contributed by atoms with van der Waals surface area (Å²) in [4.78, 5) is 13.7. The summed E-state index contributed by atoms with van der Waals surface area (Å²) in [6.07, 6.45) is 0. The average molecular weight is 249 g/mol. The summed E-state index contributed by atoms with van der Waals surface area (Å²) in [6.45, 7) is 7.65. The molecule has 0 saturated heterocycles. The first-order valence-electron chi connectivity index (χ1n) is 6.34. The highest BCUT2D eigenvalue weighted by Gasteiger charge is 2.26. The third-order valence-electron chi connectivity index (χ3n) is 3.24. The molecule has 0 aliphatic carbocycles. The Labute approximate surface area is 109 Å². The van der Waals surface area contributed by atoms with Gasteiger partial charge in [0.2, 0.25) is 0 Å². The van der Waals surface area contributed by atoms with Crippen molar-refractivity contribution in [3.8, 4) is 0 Å². The van der Waals surface area contributed by atoms with Crippen LogP contribution in [0.4, 0.5) is 0 Å². The minimum Gasteiger partial charge on any atom is -0.395 e. The summed E-state index contributed by atoms with van der Waals surface area (Å²) in [5, 5.41) is 9.12. The molecular weight excluding hydrogens is 226 g/mol. The maximum atomic E-state index is 11.6. The van der Waals surface area contributed by atoms with E-state index in [-0.39, 0.29) is 17.8 Å². The van der Waals surface area contributed by atoms with Crippen LogP contribution in [0.15, 0.2) is 30.3 Å². The first-order chi connectivity index (χ1) is 8.45. The van der Waals surface area contributed by atoms with Gasteiger partial charge in [0.1, 0.15) is 5.78 Å². The highest BCUT2D eigenvalue weighted by Crippen LogP contribution is 2.19.